The number of piperidine rings is 1. The number of rotatable bonds is 2. The molecule has 0 spiro atoms. The van der Waals surface area contributed by atoms with E-state index in [0.29, 0.717) is 24.3 Å². The predicted octanol–water partition coefficient (Wildman–Crippen LogP) is 1.12. The third-order valence-corrected chi connectivity index (χ3v) is 3.99. The fraction of sp³-hybridized carbons (Fsp3) is 0.929. The van der Waals surface area contributed by atoms with E-state index in [2.05, 4.69) is 10.6 Å². The van der Waals surface area contributed by atoms with Gasteiger partial charge in [0.1, 0.15) is 5.60 Å². The summed E-state index contributed by atoms with van der Waals surface area (Å²) in [7, 11) is 0. The first-order valence-corrected chi connectivity index (χ1v) is 7.21. The van der Waals surface area contributed by atoms with E-state index >= 15 is 0 Å². The molecule has 1 aliphatic heterocycles. The summed E-state index contributed by atoms with van der Waals surface area (Å²) in [4.78, 5) is 11.6. The monoisotopic (exact) mass is 270 g/mol. The summed E-state index contributed by atoms with van der Waals surface area (Å²) >= 11 is 0. The van der Waals surface area contributed by atoms with E-state index < -0.39 is 5.60 Å². The molecule has 110 valence electrons. The lowest BCUT2D eigenvalue weighted by atomic mass is 9.71. The van der Waals surface area contributed by atoms with Gasteiger partial charge in [-0.15, -0.1) is 0 Å². The van der Waals surface area contributed by atoms with Gasteiger partial charge in [0.15, 0.2) is 0 Å². The summed E-state index contributed by atoms with van der Waals surface area (Å²) in [6.07, 6.45) is 1.43. The van der Waals surface area contributed by atoms with Crippen LogP contribution in [0.2, 0.25) is 0 Å². The number of aliphatic hydroxyl groups excluding tert-OH is 1. The number of amides is 1. The second kappa shape index (κ2) is 5.67. The summed E-state index contributed by atoms with van der Waals surface area (Å²) in [5, 5.41) is 16.3. The predicted molar refractivity (Wildman–Crippen MR) is 72.8 cm³/mol. The Morgan fingerprint density at radius 3 is 2.42 bits per heavy atom. The maximum Gasteiger partial charge on any atom is 0.407 e. The summed E-state index contributed by atoms with van der Waals surface area (Å²) in [5.41, 5.74) is -0.451. The Kier molecular flexibility index (Phi) is 4.36. The zero-order valence-corrected chi connectivity index (χ0v) is 12.1. The van der Waals surface area contributed by atoms with E-state index in [1.165, 1.54) is 0 Å². The van der Waals surface area contributed by atoms with Crippen molar-refractivity contribution in [1.82, 2.24) is 10.6 Å². The molecule has 1 amide bonds. The van der Waals surface area contributed by atoms with Crippen molar-refractivity contribution in [2.75, 3.05) is 19.6 Å². The van der Waals surface area contributed by atoms with Gasteiger partial charge in [-0.1, -0.05) is 0 Å². The molecule has 2 bridgehead atoms. The molecule has 0 unspecified atom stereocenters. The summed E-state index contributed by atoms with van der Waals surface area (Å²) in [6, 6.07) is 0. The van der Waals surface area contributed by atoms with Crippen LogP contribution >= 0.6 is 0 Å². The number of hydrogen-bond donors (Lipinski definition) is 3. The number of fused-ring (bicyclic) bond motifs is 2. The Morgan fingerprint density at radius 2 is 1.89 bits per heavy atom. The van der Waals surface area contributed by atoms with Gasteiger partial charge in [0, 0.05) is 19.6 Å². The second-order valence-electron chi connectivity index (χ2n) is 6.89. The van der Waals surface area contributed by atoms with Crippen molar-refractivity contribution in [1.29, 1.82) is 0 Å². The molecule has 0 radical (unpaired) electrons. The van der Waals surface area contributed by atoms with Crippen molar-refractivity contribution >= 4 is 6.09 Å². The lowest BCUT2D eigenvalue weighted by Gasteiger charge is -2.43. The van der Waals surface area contributed by atoms with Crippen LogP contribution in [0.1, 0.15) is 33.6 Å². The van der Waals surface area contributed by atoms with Crippen LogP contribution in [0.15, 0.2) is 0 Å². The molecular weight excluding hydrogens is 244 g/mol. The van der Waals surface area contributed by atoms with Gasteiger partial charge >= 0.3 is 6.09 Å². The molecule has 0 aromatic rings. The molecule has 1 saturated heterocycles. The van der Waals surface area contributed by atoms with Crippen LogP contribution in [0.5, 0.6) is 0 Å². The number of carbonyl (C=O) groups is 1. The molecule has 2 aliphatic rings. The SMILES string of the molecule is CC(C)(C)OC(=O)NCC1C[C@H]2CNC[C@H](C1)C2O. The van der Waals surface area contributed by atoms with Crippen LogP contribution in [-0.2, 0) is 4.74 Å². The highest BCUT2D eigenvalue weighted by atomic mass is 16.6. The average molecular weight is 270 g/mol. The largest absolute Gasteiger partial charge is 0.444 e. The van der Waals surface area contributed by atoms with Crippen LogP contribution in [-0.4, -0.2) is 42.5 Å². The van der Waals surface area contributed by atoms with Crippen molar-refractivity contribution < 1.29 is 14.6 Å². The third kappa shape index (κ3) is 4.08. The first-order chi connectivity index (χ1) is 8.85. The zero-order valence-electron chi connectivity index (χ0n) is 12.1. The van der Waals surface area contributed by atoms with Crippen LogP contribution in [0.25, 0.3) is 0 Å². The van der Waals surface area contributed by atoms with Gasteiger partial charge in [0.05, 0.1) is 6.10 Å². The fourth-order valence-electron chi connectivity index (χ4n) is 3.19. The molecule has 2 rings (SSSR count). The van der Waals surface area contributed by atoms with Gasteiger partial charge in [-0.25, -0.2) is 4.79 Å². The van der Waals surface area contributed by atoms with E-state index in [4.69, 9.17) is 4.74 Å². The topological polar surface area (TPSA) is 70.6 Å². The first-order valence-electron chi connectivity index (χ1n) is 7.21. The van der Waals surface area contributed by atoms with Gasteiger partial charge in [-0.05, 0) is 51.4 Å². The van der Waals surface area contributed by atoms with E-state index in [0.717, 1.165) is 25.9 Å². The smallest absolute Gasteiger partial charge is 0.407 e. The third-order valence-electron chi connectivity index (χ3n) is 3.99. The highest BCUT2D eigenvalue weighted by Gasteiger charge is 2.39. The number of hydrogen-bond acceptors (Lipinski definition) is 4. The minimum Gasteiger partial charge on any atom is -0.444 e. The van der Waals surface area contributed by atoms with Crippen LogP contribution in [0.3, 0.4) is 0 Å². The highest BCUT2D eigenvalue weighted by Crippen LogP contribution is 2.35. The molecule has 2 fully saturated rings. The van der Waals surface area contributed by atoms with Crippen molar-refractivity contribution in [2.24, 2.45) is 17.8 Å². The second-order valence-corrected chi connectivity index (χ2v) is 6.89. The number of carbonyl (C=O) groups excluding carboxylic acids is 1. The van der Waals surface area contributed by atoms with Gasteiger partial charge in [0.2, 0.25) is 0 Å². The van der Waals surface area contributed by atoms with Crippen LogP contribution < -0.4 is 10.6 Å². The molecule has 5 heteroatoms. The number of nitrogens with one attached hydrogen (secondary N) is 2. The molecule has 1 heterocycles. The Labute approximate surface area is 115 Å². The molecule has 3 N–H and O–H groups in total. The molecular formula is C14H26N2O3. The maximum absolute atomic E-state index is 11.6. The Hall–Kier alpha value is -0.810. The van der Waals surface area contributed by atoms with Crippen molar-refractivity contribution in [3.8, 4) is 0 Å². The summed E-state index contributed by atoms with van der Waals surface area (Å²) in [6.45, 7) is 8.01. The van der Waals surface area contributed by atoms with Gasteiger partial charge in [-0.2, -0.15) is 0 Å². The molecule has 19 heavy (non-hydrogen) atoms. The van der Waals surface area contributed by atoms with E-state index in [1.54, 1.807) is 0 Å². The Balaban J connectivity index is 1.77. The van der Waals surface area contributed by atoms with Crippen LogP contribution in [0, 0.1) is 17.8 Å². The Morgan fingerprint density at radius 1 is 1.32 bits per heavy atom. The molecule has 2 atom stereocenters. The van der Waals surface area contributed by atoms with E-state index in [-0.39, 0.29) is 12.2 Å². The lowest BCUT2D eigenvalue weighted by molar-refractivity contribution is -0.0238. The Bertz CT molecular complexity index is 313. The van der Waals surface area contributed by atoms with Crippen molar-refractivity contribution in [3.05, 3.63) is 0 Å². The quantitative estimate of drug-likeness (QED) is 0.703. The highest BCUT2D eigenvalue weighted by molar-refractivity contribution is 5.67. The first kappa shape index (κ1) is 14.6. The number of aliphatic hydroxyl groups is 1. The van der Waals surface area contributed by atoms with Gasteiger partial charge in [-0.3, -0.25) is 0 Å². The van der Waals surface area contributed by atoms with E-state index in [1.807, 2.05) is 20.8 Å². The summed E-state index contributed by atoms with van der Waals surface area (Å²) < 4.78 is 5.23. The van der Waals surface area contributed by atoms with Gasteiger partial charge in [0.25, 0.3) is 0 Å². The van der Waals surface area contributed by atoms with Gasteiger partial charge < -0.3 is 20.5 Å². The molecule has 1 saturated carbocycles. The fourth-order valence-corrected chi connectivity index (χ4v) is 3.19. The molecule has 0 aromatic heterocycles. The standard InChI is InChI=1S/C14H26N2O3/c1-14(2,3)19-13(18)16-6-9-4-10-7-15-8-11(5-9)12(10)17/h9-12,15,17H,4-8H2,1-3H3,(H,16,18)/t9?,10-,11-,12?/m0/s1. The molecule has 5 nitrogen and oxygen atoms in total. The van der Waals surface area contributed by atoms with Crippen LogP contribution in [0.4, 0.5) is 4.79 Å². The maximum atomic E-state index is 11.6. The number of ether oxygens (including phenoxy) is 1. The molecule has 1 aliphatic carbocycles. The van der Waals surface area contributed by atoms with Crippen molar-refractivity contribution in [2.45, 2.75) is 45.3 Å². The normalized spacial score (nSPS) is 34.7. The lowest BCUT2D eigenvalue weighted by Crippen LogP contribution is -2.52. The van der Waals surface area contributed by atoms with E-state index in [9.17, 15) is 9.90 Å². The summed E-state index contributed by atoms with van der Waals surface area (Å²) in [5.74, 6) is 1.11. The molecule has 0 aromatic carbocycles. The minimum absolute atomic E-state index is 0.168. The van der Waals surface area contributed by atoms with Crippen molar-refractivity contribution in [3.63, 3.8) is 0 Å². The minimum atomic E-state index is -0.451. The number of alkyl carbamates (subject to hydrolysis) is 1. The average Bonchev–Trinajstić information content (AvgIpc) is 2.24. The zero-order chi connectivity index (χ0) is 14.0.